The van der Waals surface area contributed by atoms with Gasteiger partial charge in [0, 0.05) is 89.0 Å². The van der Waals surface area contributed by atoms with E-state index >= 15 is 4.39 Å². The Morgan fingerprint density at radius 1 is 1.12 bits per heavy atom. The molecule has 6 heterocycles. The molecule has 5 aromatic rings. The Bertz CT molecular complexity index is 2320. The number of nitrogens with zero attached hydrogens (tertiary/aromatic N) is 5. The molecule has 7 unspecified atom stereocenters. The Balaban J connectivity index is 1.21. The predicted octanol–water partition coefficient (Wildman–Crippen LogP) is 8.51. The van der Waals surface area contributed by atoms with E-state index in [1.54, 1.807) is 30.6 Å². The molecule has 8 nitrogen and oxygen atoms in total. The van der Waals surface area contributed by atoms with Crippen LogP contribution in [0.3, 0.4) is 0 Å². The number of hydrogen-bond donors (Lipinski definition) is 1. The monoisotopic (exact) mass is 734 g/mol. The summed E-state index contributed by atoms with van der Waals surface area (Å²) in [5.74, 6) is 1.16. The van der Waals surface area contributed by atoms with Gasteiger partial charge in [-0.15, -0.1) is 0 Å². The molecule has 3 saturated carbocycles. The molecular weight excluding hydrogens is 698 g/mol. The second-order valence-electron chi connectivity index (χ2n) is 15.4. The van der Waals surface area contributed by atoms with Crippen molar-refractivity contribution in [1.29, 1.82) is 5.26 Å². The molecule has 3 saturated heterocycles. The molecule has 1 amide bonds. The maximum atomic E-state index is 17.3. The van der Waals surface area contributed by atoms with Gasteiger partial charge in [0.2, 0.25) is 5.91 Å². The number of nitrogens with one attached hydrogen (secondary N) is 1. The minimum atomic E-state index is -0.472. The lowest BCUT2D eigenvalue weighted by Gasteiger charge is -2.43. The first-order valence-corrected chi connectivity index (χ1v) is 19.2. The Morgan fingerprint density at radius 3 is 2.67 bits per heavy atom. The summed E-state index contributed by atoms with van der Waals surface area (Å²) in [4.78, 5) is 25.5. The zero-order chi connectivity index (χ0) is 35.4. The highest BCUT2D eigenvalue weighted by atomic mass is 35.5. The Morgan fingerprint density at radius 2 is 1.94 bits per heavy atom. The van der Waals surface area contributed by atoms with Crippen molar-refractivity contribution in [3.63, 3.8) is 0 Å². The van der Waals surface area contributed by atoms with E-state index in [0.29, 0.717) is 39.4 Å². The molecule has 7 atom stereocenters. The Hall–Kier alpha value is -4.23. The van der Waals surface area contributed by atoms with Gasteiger partial charge < -0.3 is 19.5 Å². The first-order valence-electron chi connectivity index (χ1n) is 18.4. The third-order valence-electron chi connectivity index (χ3n) is 12.5. The van der Waals surface area contributed by atoms with Gasteiger partial charge >= 0.3 is 0 Å². The molecule has 6 fully saturated rings. The van der Waals surface area contributed by atoms with Crippen LogP contribution in [0.4, 0.5) is 4.39 Å². The number of halogens is 3. The van der Waals surface area contributed by atoms with Crippen LogP contribution >= 0.6 is 23.2 Å². The van der Waals surface area contributed by atoms with Crippen LogP contribution in [0, 0.1) is 41.8 Å². The van der Waals surface area contributed by atoms with Crippen LogP contribution in [-0.4, -0.2) is 50.1 Å². The number of nitriles is 1. The number of fused-ring (bicyclic) bond motifs is 6. The molecule has 11 rings (SSSR count). The van der Waals surface area contributed by atoms with Crippen molar-refractivity contribution in [1.82, 2.24) is 24.8 Å². The number of rotatable bonds is 8. The summed E-state index contributed by atoms with van der Waals surface area (Å²) >= 11 is 13.1. The van der Waals surface area contributed by atoms with Crippen LogP contribution in [0.25, 0.3) is 32.9 Å². The van der Waals surface area contributed by atoms with Crippen molar-refractivity contribution in [2.24, 2.45) is 17.8 Å². The summed E-state index contributed by atoms with van der Waals surface area (Å²) in [7, 11) is 0. The summed E-state index contributed by atoms with van der Waals surface area (Å²) in [6.45, 7) is 2.87. The van der Waals surface area contributed by atoms with Crippen molar-refractivity contribution in [2.75, 3.05) is 6.54 Å². The molecule has 4 bridgehead atoms. The summed E-state index contributed by atoms with van der Waals surface area (Å²) in [5, 5.41) is 15.6. The molecule has 1 N–H and O–H groups in total. The van der Waals surface area contributed by atoms with Crippen LogP contribution < -0.4 is 10.1 Å². The lowest BCUT2D eigenvalue weighted by molar-refractivity contribution is -0.138. The fourth-order valence-corrected chi connectivity index (χ4v) is 10.4. The van der Waals surface area contributed by atoms with Crippen LogP contribution in [0.2, 0.25) is 10.0 Å². The van der Waals surface area contributed by atoms with E-state index in [4.69, 9.17) is 32.9 Å². The van der Waals surface area contributed by atoms with Crippen LogP contribution in [0.1, 0.15) is 67.6 Å². The van der Waals surface area contributed by atoms with Gasteiger partial charge in [0.15, 0.2) is 5.82 Å². The van der Waals surface area contributed by atoms with Gasteiger partial charge in [-0.25, -0.2) is 9.37 Å². The fraction of sp³-hybridized carbons (Fsp3) is 0.415. The SMILES string of the molecule is Cc1nc2c(F)c(-c3cccc(Cl)c3Cl)c(CCC#N)cc2c2c1cc(C1C3CC(CC3Oc3ccncc3)N1C(=O)C1CC1)n2C1C2CNC1C2. The molecule has 3 aliphatic heterocycles. The number of carbonyl (C=O) groups is 1. The molecule has 3 aliphatic carbocycles. The first kappa shape index (κ1) is 32.4. The lowest BCUT2D eigenvalue weighted by atomic mass is 9.79. The van der Waals surface area contributed by atoms with Gasteiger partial charge in [0.05, 0.1) is 33.7 Å². The highest BCUT2D eigenvalue weighted by molar-refractivity contribution is 6.43. The Labute approximate surface area is 310 Å². The molecule has 52 heavy (non-hydrogen) atoms. The van der Waals surface area contributed by atoms with E-state index in [0.717, 1.165) is 66.7 Å². The number of likely N-dealkylation sites (tertiary alicyclic amines) is 1. The van der Waals surface area contributed by atoms with Crippen molar-refractivity contribution in [3.05, 3.63) is 87.7 Å². The molecule has 11 heteroatoms. The summed E-state index contributed by atoms with van der Waals surface area (Å²) in [6, 6.07) is 15.9. The van der Waals surface area contributed by atoms with Crippen molar-refractivity contribution >= 4 is 50.9 Å². The highest BCUT2D eigenvalue weighted by Crippen LogP contribution is 2.57. The average Bonchev–Trinajstić information content (AvgIpc) is 3.51. The van der Waals surface area contributed by atoms with E-state index in [1.165, 1.54) is 0 Å². The van der Waals surface area contributed by atoms with Gasteiger partial charge in [-0.05, 0) is 80.8 Å². The van der Waals surface area contributed by atoms with E-state index in [9.17, 15) is 10.1 Å². The third-order valence-corrected chi connectivity index (χ3v) is 13.3. The quantitative estimate of drug-likeness (QED) is 0.172. The summed E-state index contributed by atoms with van der Waals surface area (Å²) < 4.78 is 26.4. The lowest BCUT2D eigenvalue weighted by Crippen LogP contribution is -2.48. The number of hydrogen-bond acceptors (Lipinski definition) is 6. The third kappa shape index (κ3) is 4.83. The standard InChI is InChI=1S/C41H37Cl2FN6O2/c1-20-27-18-32(40-28-16-24(49(40)41(51)21-7-8-21)17-33(28)52-25-9-12-46-13-10-25)50(38-23-15-31(38)47-19-23)39(27)29-14-22(4-3-11-45)34(36(44)37(29)48-20)26-5-2-6-30(42)35(26)43/h2,5-6,9-10,12-14,18,21,23-24,28,31,33,38,40,47H,3-4,7-8,15-17,19H2,1H3. The largest absolute Gasteiger partial charge is 0.490 e. The predicted molar refractivity (Wildman–Crippen MR) is 198 cm³/mol. The average molecular weight is 736 g/mol. The number of piperidine rings is 1. The number of aromatic nitrogens is 3. The Kier molecular flexibility index (Phi) is 7.58. The minimum absolute atomic E-state index is 0.0562. The number of pyridine rings is 2. The number of benzene rings is 2. The van der Waals surface area contributed by atoms with Crippen LogP contribution in [-0.2, 0) is 11.2 Å². The zero-order valence-corrected chi connectivity index (χ0v) is 30.2. The topological polar surface area (TPSA) is 96.1 Å². The minimum Gasteiger partial charge on any atom is -0.490 e. The number of aryl methyl sites for hydroxylation is 2. The van der Waals surface area contributed by atoms with Gasteiger partial charge in [-0.3, -0.25) is 9.78 Å². The molecule has 0 radical (unpaired) electrons. The first-order chi connectivity index (χ1) is 25.3. The molecule has 2 aromatic carbocycles. The van der Waals surface area contributed by atoms with E-state index in [2.05, 4.69) is 31.9 Å². The molecule has 6 aliphatic rings. The van der Waals surface area contributed by atoms with Gasteiger partial charge in [-0.2, -0.15) is 5.26 Å². The summed E-state index contributed by atoms with van der Waals surface area (Å²) in [5.41, 5.74) is 4.51. The van der Waals surface area contributed by atoms with Crippen LogP contribution in [0.15, 0.2) is 54.9 Å². The van der Waals surface area contributed by atoms with Crippen molar-refractivity contribution in [2.45, 2.75) is 82.1 Å². The van der Waals surface area contributed by atoms with Gasteiger partial charge in [0.1, 0.15) is 17.4 Å². The number of amides is 1. The normalized spacial score (nSPS) is 27.4. The van der Waals surface area contributed by atoms with E-state index < -0.39 is 5.82 Å². The maximum Gasteiger partial charge on any atom is 0.226 e. The number of ether oxygens (including phenoxy) is 1. The maximum absolute atomic E-state index is 17.3. The molecular formula is C41H37Cl2FN6O2. The van der Waals surface area contributed by atoms with Gasteiger partial charge in [0.25, 0.3) is 0 Å². The highest BCUT2D eigenvalue weighted by Gasteiger charge is 2.58. The summed E-state index contributed by atoms with van der Waals surface area (Å²) in [6.07, 6.45) is 8.62. The van der Waals surface area contributed by atoms with E-state index in [-0.39, 0.29) is 65.0 Å². The molecule has 264 valence electrons. The molecule has 0 spiro atoms. The fourth-order valence-electron chi connectivity index (χ4n) is 10.0. The van der Waals surface area contributed by atoms with Crippen molar-refractivity contribution < 1.29 is 13.9 Å². The van der Waals surface area contributed by atoms with E-state index in [1.807, 2.05) is 25.1 Å². The van der Waals surface area contributed by atoms with Crippen LogP contribution in [0.5, 0.6) is 5.75 Å². The zero-order valence-electron chi connectivity index (χ0n) is 28.7. The van der Waals surface area contributed by atoms with Gasteiger partial charge in [-0.1, -0.05) is 35.3 Å². The number of carbonyl (C=O) groups excluding carboxylic acids is 1. The van der Waals surface area contributed by atoms with Crippen molar-refractivity contribution in [3.8, 4) is 22.9 Å². The second-order valence-corrected chi connectivity index (χ2v) is 16.2. The second kappa shape index (κ2) is 12.2. The smallest absolute Gasteiger partial charge is 0.226 e. The molecule has 3 aromatic heterocycles.